The Morgan fingerprint density at radius 2 is 1.78 bits per heavy atom. The summed E-state index contributed by atoms with van der Waals surface area (Å²) in [6, 6.07) is 15.8. The Morgan fingerprint density at radius 1 is 1.07 bits per heavy atom. The monoisotopic (exact) mass is 381 g/mol. The number of hydrogen-bond donors (Lipinski definition) is 0. The molecule has 6 heteroatoms. The van der Waals surface area contributed by atoms with Gasteiger partial charge in [0.15, 0.2) is 0 Å². The number of halogens is 2. The van der Waals surface area contributed by atoms with E-state index >= 15 is 0 Å². The average molecular weight is 382 g/mol. The third-order valence-corrected chi connectivity index (χ3v) is 4.38. The first-order valence-electron chi connectivity index (χ1n) is 9.21. The minimum absolute atomic E-state index is 0.0902. The van der Waals surface area contributed by atoms with E-state index in [-0.39, 0.29) is 22.2 Å². The highest BCUT2D eigenvalue weighted by Gasteiger charge is 2.16. The van der Waals surface area contributed by atoms with Gasteiger partial charge in [-0.3, -0.25) is 4.79 Å². The molecule has 0 radical (unpaired) electrons. The molecule has 27 heavy (non-hydrogen) atoms. The molecule has 0 amide bonds. The molecular weight excluding hydrogens is 365 g/mol. The van der Waals surface area contributed by atoms with Gasteiger partial charge in [0.2, 0.25) is 5.95 Å². The van der Waals surface area contributed by atoms with Crippen molar-refractivity contribution in [2.75, 3.05) is 0 Å². The number of rotatable bonds is 3. The standard InChI is InChI=1S/C21H15ClFN3O/c1-13-6-11-18(20(23)24-13)19-16-4-2-3-5-17(16)21(27)26(25-19)12-14-7-9-15(22)10-8-14/h2-11H,12H2,1H3/i12D2. The van der Waals surface area contributed by atoms with Crippen molar-refractivity contribution in [2.45, 2.75) is 13.4 Å². The highest BCUT2D eigenvalue weighted by molar-refractivity contribution is 6.30. The third-order valence-electron chi connectivity index (χ3n) is 4.13. The molecule has 4 rings (SSSR count). The summed E-state index contributed by atoms with van der Waals surface area (Å²) in [5.74, 6) is -0.736. The first-order chi connectivity index (χ1) is 13.8. The van der Waals surface area contributed by atoms with E-state index in [1.54, 1.807) is 37.3 Å². The van der Waals surface area contributed by atoms with E-state index in [1.165, 1.54) is 30.3 Å². The van der Waals surface area contributed by atoms with Crippen LogP contribution in [-0.2, 0) is 6.50 Å². The van der Waals surface area contributed by atoms with Gasteiger partial charge in [-0.1, -0.05) is 41.9 Å². The molecule has 134 valence electrons. The van der Waals surface area contributed by atoms with Crippen LogP contribution in [0.15, 0.2) is 65.5 Å². The summed E-state index contributed by atoms with van der Waals surface area (Å²) in [7, 11) is 0. The molecule has 0 aliphatic rings. The largest absolute Gasteiger partial charge is 0.274 e. The van der Waals surface area contributed by atoms with Crippen molar-refractivity contribution >= 4 is 22.4 Å². The Bertz CT molecular complexity index is 1290. The Morgan fingerprint density at radius 3 is 2.48 bits per heavy atom. The van der Waals surface area contributed by atoms with Gasteiger partial charge < -0.3 is 0 Å². The lowest BCUT2D eigenvalue weighted by Crippen LogP contribution is -2.24. The second-order valence-corrected chi connectivity index (χ2v) is 6.46. The lowest BCUT2D eigenvalue weighted by molar-refractivity contribution is 0.581. The topological polar surface area (TPSA) is 47.8 Å². The van der Waals surface area contributed by atoms with Crippen molar-refractivity contribution in [3.05, 3.63) is 93.2 Å². The summed E-state index contributed by atoms with van der Waals surface area (Å²) in [5, 5.41) is 5.34. The Balaban J connectivity index is 2.05. The van der Waals surface area contributed by atoms with Gasteiger partial charge >= 0.3 is 0 Å². The van der Waals surface area contributed by atoms with Gasteiger partial charge in [-0.25, -0.2) is 9.67 Å². The van der Waals surface area contributed by atoms with Crippen LogP contribution in [0.3, 0.4) is 0 Å². The summed E-state index contributed by atoms with van der Waals surface area (Å²) in [6.07, 6.45) is 0. The van der Waals surface area contributed by atoms with Gasteiger partial charge in [-0.2, -0.15) is 9.49 Å². The van der Waals surface area contributed by atoms with Gasteiger partial charge in [-0.05, 0) is 42.8 Å². The van der Waals surface area contributed by atoms with Gasteiger partial charge in [0.1, 0.15) is 5.69 Å². The van der Waals surface area contributed by atoms with Crippen molar-refractivity contribution in [3.8, 4) is 11.3 Å². The maximum absolute atomic E-state index is 14.6. The fourth-order valence-corrected chi connectivity index (χ4v) is 2.94. The molecule has 0 saturated carbocycles. The SMILES string of the molecule is [2H]C([2H])(c1ccc(Cl)cc1)n1nc(-c2ccc(C)nc2F)c2ccccc2c1=O. The van der Waals surface area contributed by atoms with Crippen molar-refractivity contribution in [3.63, 3.8) is 0 Å². The fourth-order valence-electron chi connectivity index (χ4n) is 2.81. The van der Waals surface area contributed by atoms with E-state index in [9.17, 15) is 9.18 Å². The van der Waals surface area contributed by atoms with Crippen LogP contribution in [0.25, 0.3) is 22.0 Å². The maximum Gasteiger partial charge on any atom is 0.274 e. The number of nitrogens with zero attached hydrogens (tertiary/aromatic N) is 3. The molecular formula is C21H15ClFN3O. The molecule has 0 N–H and O–H groups in total. The molecule has 0 bridgehead atoms. The normalized spacial score (nSPS) is 12.7. The lowest BCUT2D eigenvalue weighted by atomic mass is 10.1. The third kappa shape index (κ3) is 3.34. The zero-order valence-electron chi connectivity index (χ0n) is 16.3. The number of aryl methyl sites for hydroxylation is 1. The van der Waals surface area contributed by atoms with Crippen molar-refractivity contribution in [2.24, 2.45) is 0 Å². The van der Waals surface area contributed by atoms with Crippen LogP contribution in [0.1, 0.15) is 14.0 Å². The summed E-state index contributed by atoms with van der Waals surface area (Å²) >= 11 is 5.90. The minimum Gasteiger partial charge on any atom is -0.267 e. The van der Waals surface area contributed by atoms with Gasteiger partial charge in [0.05, 0.1) is 20.2 Å². The smallest absolute Gasteiger partial charge is 0.267 e. The van der Waals surface area contributed by atoms with E-state index in [0.29, 0.717) is 16.1 Å². The highest BCUT2D eigenvalue weighted by Crippen LogP contribution is 2.26. The van der Waals surface area contributed by atoms with Crippen molar-refractivity contribution in [1.29, 1.82) is 0 Å². The Labute approximate surface area is 162 Å². The first-order valence-corrected chi connectivity index (χ1v) is 8.59. The van der Waals surface area contributed by atoms with Crippen molar-refractivity contribution in [1.82, 2.24) is 14.8 Å². The maximum atomic E-state index is 14.6. The summed E-state index contributed by atoms with van der Waals surface area (Å²) < 4.78 is 32.5. The molecule has 0 spiro atoms. The molecule has 2 aromatic heterocycles. The van der Waals surface area contributed by atoms with Crippen LogP contribution in [0, 0.1) is 12.9 Å². The Kier molecular flexibility index (Phi) is 3.86. The van der Waals surface area contributed by atoms with E-state index < -0.39 is 18.0 Å². The number of pyridine rings is 1. The fraction of sp³-hybridized carbons (Fsp3) is 0.0952. The minimum atomic E-state index is -2.28. The van der Waals surface area contributed by atoms with Crippen LogP contribution in [0.2, 0.25) is 5.02 Å². The second kappa shape index (κ2) is 6.93. The second-order valence-electron chi connectivity index (χ2n) is 6.02. The number of hydrogen-bond acceptors (Lipinski definition) is 3. The number of benzene rings is 2. The molecule has 0 aliphatic heterocycles. The number of aromatic nitrogens is 3. The molecule has 2 aromatic carbocycles. The van der Waals surface area contributed by atoms with Gasteiger partial charge in [-0.15, -0.1) is 0 Å². The predicted molar refractivity (Wildman–Crippen MR) is 104 cm³/mol. The van der Waals surface area contributed by atoms with Gasteiger partial charge in [0, 0.05) is 16.1 Å². The zero-order chi connectivity index (χ0) is 20.8. The quantitative estimate of drug-likeness (QED) is 0.487. The van der Waals surface area contributed by atoms with E-state index in [4.69, 9.17) is 14.3 Å². The van der Waals surface area contributed by atoms with E-state index in [1.807, 2.05) is 0 Å². The molecule has 4 aromatic rings. The van der Waals surface area contributed by atoms with Crippen LogP contribution in [0.5, 0.6) is 0 Å². The molecule has 0 saturated heterocycles. The van der Waals surface area contributed by atoms with Crippen LogP contribution < -0.4 is 5.56 Å². The summed E-state index contributed by atoms with van der Waals surface area (Å²) in [4.78, 5) is 16.9. The first kappa shape index (κ1) is 15.1. The molecule has 0 fully saturated rings. The van der Waals surface area contributed by atoms with Crippen molar-refractivity contribution < 1.29 is 7.13 Å². The molecule has 0 aliphatic carbocycles. The van der Waals surface area contributed by atoms with Crippen LogP contribution in [0.4, 0.5) is 4.39 Å². The zero-order valence-corrected chi connectivity index (χ0v) is 15.0. The predicted octanol–water partition coefficient (Wildman–Crippen LogP) is 4.61. The molecule has 0 atom stereocenters. The average Bonchev–Trinajstić information content (AvgIpc) is 2.69. The summed E-state index contributed by atoms with van der Waals surface area (Å²) in [6.45, 7) is -0.618. The number of fused-ring (bicyclic) bond motifs is 1. The molecule has 4 nitrogen and oxygen atoms in total. The van der Waals surface area contributed by atoms with E-state index in [2.05, 4.69) is 10.1 Å². The van der Waals surface area contributed by atoms with Crippen LogP contribution in [-0.4, -0.2) is 14.8 Å². The Hall–Kier alpha value is -3.05. The summed E-state index contributed by atoms with van der Waals surface area (Å²) in [5.41, 5.74) is 0.306. The molecule has 0 unspecified atom stereocenters. The molecule has 2 heterocycles. The van der Waals surface area contributed by atoms with E-state index in [0.717, 1.165) is 4.68 Å². The van der Waals surface area contributed by atoms with Crippen LogP contribution >= 0.6 is 11.6 Å². The van der Waals surface area contributed by atoms with Gasteiger partial charge in [0.25, 0.3) is 5.56 Å². The highest BCUT2D eigenvalue weighted by atomic mass is 35.5. The lowest BCUT2D eigenvalue weighted by Gasteiger charge is -2.12.